The zero-order valence-corrected chi connectivity index (χ0v) is 10.5. The highest BCUT2D eigenvalue weighted by atomic mass is 32.2. The molecule has 4 nitrogen and oxygen atoms in total. The highest BCUT2D eigenvalue weighted by Gasteiger charge is 2.41. The molecule has 0 unspecified atom stereocenters. The van der Waals surface area contributed by atoms with Gasteiger partial charge in [0.1, 0.15) is 0 Å². The Morgan fingerprint density at radius 1 is 1.56 bits per heavy atom. The maximum absolute atomic E-state index is 5.32. The molecule has 0 aliphatic heterocycles. The molecule has 1 N–H and O–H groups in total. The number of nitrogens with one attached hydrogen (secondary N) is 1. The third kappa shape index (κ3) is 2.78. The van der Waals surface area contributed by atoms with Crippen molar-refractivity contribution in [1.82, 2.24) is 9.97 Å². The zero-order valence-electron chi connectivity index (χ0n) is 9.69. The second-order valence-corrected chi connectivity index (χ2v) is 5.17. The number of nitrogens with zero attached hydrogens (tertiary/aromatic N) is 2. The van der Waals surface area contributed by atoms with E-state index in [9.17, 15) is 0 Å². The molecule has 0 radical (unpaired) electrons. The largest absolute Gasteiger partial charge is 0.478 e. The molecule has 0 amide bonds. The van der Waals surface area contributed by atoms with Crippen LogP contribution in [0.15, 0.2) is 12.3 Å². The number of anilines is 1. The molecule has 5 heteroatoms. The SMILES string of the molecule is CCOc1ccnc(NCC2(SC)CC2)n1. The van der Waals surface area contributed by atoms with Gasteiger partial charge in [-0.3, -0.25) is 0 Å². The molecule has 2 rings (SSSR count). The number of aromatic nitrogens is 2. The Labute approximate surface area is 100 Å². The van der Waals surface area contributed by atoms with Crippen molar-refractivity contribution in [3.05, 3.63) is 12.3 Å². The maximum atomic E-state index is 5.32. The van der Waals surface area contributed by atoms with E-state index in [1.54, 1.807) is 12.3 Å². The van der Waals surface area contributed by atoms with E-state index in [0.717, 1.165) is 6.54 Å². The summed E-state index contributed by atoms with van der Waals surface area (Å²) in [5.74, 6) is 1.29. The fraction of sp³-hybridized carbons (Fsp3) is 0.636. The first-order chi connectivity index (χ1) is 7.78. The van der Waals surface area contributed by atoms with Crippen LogP contribution in [0.5, 0.6) is 5.88 Å². The summed E-state index contributed by atoms with van der Waals surface area (Å²) in [5, 5.41) is 3.27. The van der Waals surface area contributed by atoms with Gasteiger partial charge in [-0.2, -0.15) is 16.7 Å². The van der Waals surface area contributed by atoms with Crippen molar-refractivity contribution in [1.29, 1.82) is 0 Å². The van der Waals surface area contributed by atoms with Crippen LogP contribution in [-0.4, -0.2) is 34.1 Å². The van der Waals surface area contributed by atoms with E-state index in [0.29, 0.717) is 23.2 Å². The van der Waals surface area contributed by atoms with Crippen molar-refractivity contribution in [3.63, 3.8) is 0 Å². The van der Waals surface area contributed by atoms with E-state index < -0.39 is 0 Å². The van der Waals surface area contributed by atoms with Crippen LogP contribution >= 0.6 is 11.8 Å². The number of hydrogen-bond donors (Lipinski definition) is 1. The number of rotatable bonds is 6. The van der Waals surface area contributed by atoms with Crippen molar-refractivity contribution in [3.8, 4) is 5.88 Å². The van der Waals surface area contributed by atoms with E-state index in [4.69, 9.17) is 4.74 Å². The fourth-order valence-corrected chi connectivity index (χ4v) is 2.22. The lowest BCUT2D eigenvalue weighted by molar-refractivity contribution is 0.326. The lowest BCUT2D eigenvalue weighted by atomic mass is 10.4. The lowest BCUT2D eigenvalue weighted by Gasteiger charge is -2.13. The van der Waals surface area contributed by atoms with E-state index in [1.165, 1.54) is 12.8 Å². The molecule has 1 saturated carbocycles. The third-order valence-corrected chi connectivity index (χ3v) is 4.15. The minimum atomic E-state index is 0.422. The van der Waals surface area contributed by atoms with Gasteiger partial charge in [-0.15, -0.1) is 0 Å². The summed E-state index contributed by atoms with van der Waals surface area (Å²) in [4.78, 5) is 8.45. The Bertz CT molecular complexity index is 355. The average molecular weight is 239 g/mol. The molecule has 0 bridgehead atoms. The van der Waals surface area contributed by atoms with Crippen LogP contribution in [-0.2, 0) is 0 Å². The molecular formula is C11H17N3OS. The zero-order chi connectivity index (χ0) is 11.4. The summed E-state index contributed by atoms with van der Waals surface area (Å²) in [5.41, 5.74) is 0. The summed E-state index contributed by atoms with van der Waals surface area (Å²) < 4.78 is 5.75. The van der Waals surface area contributed by atoms with Crippen LogP contribution in [0.25, 0.3) is 0 Å². The molecule has 1 aromatic rings. The first-order valence-corrected chi connectivity index (χ1v) is 6.75. The van der Waals surface area contributed by atoms with Gasteiger partial charge >= 0.3 is 0 Å². The van der Waals surface area contributed by atoms with Gasteiger partial charge in [0.15, 0.2) is 0 Å². The predicted octanol–water partition coefficient (Wildman–Crippen LogP) is 2.18. The highest BCUT2D eigenvalue weighted by molar-refractivity contribution is 8.00. The minimum Gasteiger partial charge on any atom is -0.478 e. The Balaban J connectivity index is 1.91. The normalized spacial score (nSPS) is 16.9. The Kier molecular flexibility index (Phi) is 3.53. The van der Waals surface area contributed by atoms with Crippen LogP contribution in [0.4, 0.5) is 5.95 Å². The summed E-state index contributed by atoms with van der Waals surface area (Å²) >= 11 is 1.92. The van der Waals surface area contributed by atoms with Crippen LogP contribution in [0.2, 0.25) is 0 Å². The quantitative estimate of drug-likeness (QED) is 0.824. The molecule has 88 valence electrons. The van der Waals surface area contributed by atoms with E-state index >= 15 is 0 Å². The van der Waals surface area contributed by atoms with Gasteiger partial charge in [0, 0.05) is 23.6 Å². The highest BCUT2D eigenvalue weighted by Crippen LogP contribution is 2.46. The van der Waals surface area contributed by atoms with Crippen LogP contribution in [0, 0.1) is 0 Å². The van der Waals surface area contributed by atoms with Gasteiger partial charge in [-0.05, 0) is 26.0 Å². The number of hydrogen-bond acceptors (Lipinski definition) is 5. The van der Waals surface area contributed by atoms with Crippen LogP contribution in [0.1, 0.15) is 19.8 Å². The molecule has 16 heavy (non-hydrogen) atoms. The van der Waals surface area contributed by atoms with Crippen molar-refractivity contribution in [2.75, 3.05) is 24.7 Å². The molecule has 1 aliphatic carbocycles. The van der Waals surface area contributed by atoms with Crippen LogP contribution < -0.4 is 10.1 Å². The molecule has 1 aliphatic rings. The van der Waals surface area contributed by atoms with E-state index in [-0.39, 0.29) is 0 Å². The Morgan fingerprint density at radius 3 is 3.00 bits per heavy atom. The van der Waals surface area contributed by atoms with E-state index in [1.807, 2.05) is 18.7 Å². The third-order valence-electron chi connectivity index (χ3n) is 2.73. The molecule has 0 atom stereocenters. The van der Waals surface area contributed by atoms with Gasteiger partial charge < -0.3 is 10.1 Å². The number of thioether (sulfide) groups is 1. The van der Waals surface area contributed by atoms with Crippen LogP contribution in [0.3, 0.4) is 0 Å². The monoisotopic (exact) mass is 239 g/mol. The van der Waals surface area contributed by atoms with Gasteiger partial charge in [0.2, 0.25) is 11.8 Å². The molecule has 1 fully saturated rings. The number of ether oxygens (including phenoxy) is 1. The molecular weight excluding hydrogens is 222 g/mol. The van der Waals surface area contributed by atoms with Gasteiger partial charge in [-0.1, -0.05) is 0 Å². The summed E-state index contributed by atoms with van der Waals surface area (Å²) in [6.07, 6.45) is 6.45. The molecule has 0 saturated heterocycles. The van der Waals surface area contributed by atoms with Gasteiger partial charge in [0.25, 0.3) is 0 Å². The predicted molar refractivity (Wildman–Crippen MR) is 67.2 cm³/mol. The van der Waals surface area contributed by atoms with Gasteiger partial charge in [0.05, 0.1) is 6.61 Å². The molecule has 0 aromatic carbocycles. The smallest absolute Gasteiger partial charge is 0.225 e. The Hall–Kier alpha value is -0.970. The van der Waals surface area contributed by atoms with Crippen molar-refractivity contribution >= 4 is 17.7 Å². The second-order valence-electron chi connectivity index (χ2n) is 3.89. The van der Waals surface area contributed by atoms with Crippen molar-refractivity contribution < 1.29 is 4.74 Å². The van der Waals surface area contributed by atoms with Crippen molar-refractivity contribution in [2.24, 2.45) is 0 Å². The van der Waals surface area contributed by atoms with Crippen molar-refractivity contribution in [2.45, 2.75) is 24.5 Å². The fourth-order valence-electron chi connectivity index (χ4n) is 1.49. The minimum absolute atomic E-state index is 0.422. The molecule has 1 heterocycles. The topological polar surface area (TPSA) is 47.0 Å². The lowest BCUT2D eigenvalue weighted by Crippen LogP contribution is -2.18. The van der Waals surface area contributed by atoms with E-state index in [2.05, 4.69) is 21.5 Å². The molecule has 0 spiro atoms. The first-order valence-electron chi connectivity index (χ1n) is 5.53. The first kappa shape index (κ1) is 11.5. The van der Waals surface area contributed by atoms with Gasteiger partial charge in [-0.25, -0.2) is 4.98 Å². The summed E-state index contributed by atoms with van der Waals surface area (Å²) in [7, 11) is 0. The summed E-state index contributed by atoms with van der Waals surface area (Å²) in [6, 6.07) is 1.77. The second kappa shape index (κ2) is 4.91. The average Bonchev–Trinajstić information content (AvgIpc) is 3.08. The Morgan fingerprint density at radius 2 is 2.38 bits per heavy atom. The standard InChI is InChI=1S/C11H17N3OS/c1-3-15-9-4-7-12-10(14-9)13-8-11(16-2)5-6-11/h4,7H,3,5-6,8H2,1-2H3,(H,12,13,14). The maximum Gasteiger partial charge on any atom is 0.225 e. The summed E-state index contributed by atoms with van der Waals surface area (Å²) in [6.45, 7) is 3.51. The molecule has 1 aromatic heterocycles.